The van der Waals surface area contributed by atoms with Gasteiger partial charge in [0.05, 0.1) is 17.7 Å². The molecule has 3 aromatic carbocycles. The van der Waals surface area contributed by atoms with Crippen LogP contribution in [-0.2, 0) is 4.79 Å². The molecule has 1 amide bonds. The molecule has 0 atom stereocenters. The molecule has 4 rings (SSSR count). The number of thioether (sulfide) groups is 1. The Kier molecular flexibility index (Phi) is 7.32. The second-order valence-electron chi connectivity index (χ2n) is 7.27. The first-order chi connectivity index (χ1) is 16.0. The van der Waals surface area contributed by atoms with Crippen LogP contribution in [0.25, 0.3) is 6.08 Å². The highest BCUT2D eigenvalue weighted by Crippen LogP contribution is 2.37. The maximum Gasteiger partial charge on any atom is 0.270 e. The summed E-state index contributed by atoms with van der Waals surface area (Å²) in [5.41, 5.74) is 2.72. The first-order valence-electron chi connectivity index (χ1n) is 10.4. The van der Waals surface area contributed by atoms with E-state index >= 15 is 0 Å². The first-order valence-corrected chi connectivity index (χ1v) is 11.6. The third-order valence-corrected chi connectivity index (χ3v) is 6.23. The number of thiocarbonyl (C=S) groups is 1. The fourth-order valence-corrected chi connectivity index (χ4v) is 4.56. The van der Waals surface area contributed by atoms with Gasteiger partial charge in [-0.25, -0.2) is 0 Å². The number of aryl methyl sites for hydroxylation is 1. The summed E-state index contributed by atoms with van der Waals surface area (Å²) >= 11 is 6.75. The minimum atomic E-state index is -0.133. The Bertz CT molecular complexity index is 1180. The lowest BCUT2D eigenvalue weighted by atomic mass is 10.1. The smallest absolute Gasteiger partial charge is 0.270 e. The van der Waals surface area contributed by atoms with Crippen molar-refractivity contribution in [2.24, 2.45) is 0 Å². The van der Waals surface area contributed by atoms with Crippen molar-refractivity contribution < 1.29 is 19.0 Å². The molecular formula is C26H23NO4S2. The molecule has 1 aliphatic heterocycles. The fourth-order valence-electron chi connectivity index (χ4n) is 3.26. The summed E-state index contributed by atoms with van der Waals surface area (Å²) in [6, 6.07) is 22.9. The average molecular weight is 478 g/mol. The molecule has 1 fully saturated rings. The highest BCUT2D eigenvalue weighted by atomic mass is 32.2. The van der Waals surface area contributed by atoms with Crippen molar-refractivity contribution in [1.29, 1.82) is 0 Å². The highest BCUT2D eigenvalue weighted by Gasteiger charge is 2.33. The maximum absolute atomic E-state index is 13.0. The molecule has 7 heteroatoms. The van der Waals surface area contributed by atoms with Gasteiger partial charge in [-0.2, -0.15) is 0 Å². The molecular weight excluding hydrogens is 454 g/mol. The fraction of sp³-hybridized carbons (Fsp3) is 0.154. The monoisotopic (exact) mass is 477 g/mol. The molecule has 1 saturated heterocycles. The van der Waals surface area contributed by atoms with Gasteiger partial charge < -0.3 is 14.2 Å². The quantitative estimate of drug-likeness (QED) is 0.230. The summed E-state index contributed by atoms with van der Waals surface area (Å²) in [7, 11) is 1.59. The molecule has 1 heterocycles. The number of amides is 1. The van der Waals surface area contributed by atoms with E-state index in [1.165, 1.54) is 11.8 Å². The standard InChI is InChI=1S/C26H23NO4S2/c1-18-8-11-20(12-9-18)27-25(28)24(33-26(27)32)17-19-10-13-22(23(16-19)29-2)31-15-14-30-21-6-4-3-5-7-21/h3-13,16-17H,14-15H2,1-2H3. The second-order valence-corrected chi connectivity index (χ2v) is 8.95. The highest BCUT2D eigenvalue weighted by molar-refractivity contribution is 8.27. The van der Waals surface area contributed by atoms with Crippen LogP contribution >= 0.6 is 24.0 Å². The first kappa shape index (κ1) is 22.9. The molecule has 0 unspecified atom stereocenters. The molecule has 3 aromatic rings. The summed E-state index contributed by atoms with van der Waals surface area (Å²) in [6.45, 7) is 2.79. The van der Waals surface area contributed by atoms with Crippen molar-refractivity contribution in [3.63, 3.8) is 0 Å². The van der Waals surface area contributed by atoms with Crippen LogP contribution in [0.5, 0.6) is 17.2 Å². The Labute approximate surface area is 203 Å². The van der Waals surface area contributed by atoms with Crippen molar-refractivity contribution in [1.82, 2.24) is 0 Å². The summed E-state index contributed by atoms with van der Waals surface area (Å²) in [5.74, 6) is 1.86. The van der Waals surface area contributed by atoms with Gasteiger partial charge in [-0.05, 0) is 55.0 Å². The van der Waals surface area contributed by atoms with Gasteiger partial charge in [0.2, 0.25) is 0 Å². The minimum absolute atomic E-state index is 0.133. The zero-order valence-electron chi connectivity index (χ0n) is 18.3. The molecule has 168 valence electrons. The Morgan fingerprint density at radius 3 is 2.39 bits per heavy atom. The molecule has 0 bridgehead atoms. The number of ether oxygens (including phenoxy) is 3. The van der Waals surface area contributed by atoms with Crippen molar-refractivity contribution in [3.05, 3.63) is 88.8 Å². The Hall–Kier alpha value is -3.29. The molecule has 0 radical (unpaired) electrons. The average Bonchev–Trinajstić information content (AvgIpc) is 3.11. The number of methoxy groups -OCH3 is 1. The lowest BCUT2D eigenvalue weighted by molar-refractivity contribution is -0.113. The lowest BCUT2D eigenvalue weighted by Gasteiger charge is -2.14. The molecule has 0 aromatic heterocycles. The summed E-state index contributed by atoms with van der Waals surface area (Å²) < 4.78 is 17.5. The van der Waals surface area contributed by atoms with Gasteiger partial charge in [-0.15, -0.1) is 0 Å². The van der Waals surface area contributed by atoms with Crippen molar-refractivity contribution >= 4 is 46.0 Å². The number of carbonyl (C=O) groups excluding carboxylic acids is 1. The van der Waals surface area contributed by atoms with Gasteiger partial charge in [-0.3, -0.25) is 9.69 Å². The summed E-state index contributed by atoms with van der Waals surface area (Å²) in [6.07, 6.45) is 1.82. The third-order valence-electron chi connectivity index (χ3n) is 4.92. The number of carbonyl (C=O) groups is 1. The topological polar surface area (TPSA) is 48.0 Å². The Morgan fingerprint density at radius 2 is 1.67 bits per heavy atom. The number of para-hydroxylation sites is 1. The van der Waals surface area contributed by atoms with Crippen LogP contribution in [0.1, 0.15) is 11.1 Å². The van der Waals surface area contributed by atoms with E-state index in [0.29, 0.717) is 33.9 Å². The van der Waals surface area contributed by atoms with Crippen LogP contribution in [0.2, 0.25) is 0 Å². The van der Waals surface area contributed by atoms with E-state index in [9.17, 15) is 4.79 Å². The Morgan fingerprint density at radius 1 is 0.939 bits per heavy atom. The number of nitrogens with zero attached hydrogens (tertiary/aromatic N) is 1. The van der Waals surface area contributed by atoms with Gasteiger partial charge in [0.1, 0.15) is 19.0 Å². The van der Waals surface area contributed by atoms with Gasteiger partial charge in [-0.1, -0.05) is 65.9 Å². The normalized spacial score (nSPS) is 14.6. The second kappa shape index (κ2) is 10.6. The number of anilines is 1. The van der Waals surface area contributed by atoms with Crippen LogP contribution in [0, 0.1) is 6.92 Å². The predicted molar refractivity (Wildman–Crippen MR) is 137 cm³/mol. The van der Waals surface area contributed by atoms with E-state index in [2.05, 4.69) is 0 Å². The van der Waals surface area contributed by atoms with Crippen LogP contribution < -0.4 is 19.1 Å². The third kappa shape index (κ3) is 5.56. The van der Waals surface area contributed by atoms with E-state index < -0.39 is 0 Å². The largest absolute Gasteiger partial charge is 0.493 e. The van der Waals surface area contributed by atoms with Crippen molar-refractivity contribution in [2.75, 3.05) is 25.2 Å². The molecule has 0 saturated carbocycles. The molecule has 1 aliphatic rings. The zero-order valence-corrected chi connectivity index (χ0v) is 19.9. The molecule has 0 N–H and O–H groups in total. The maximum atomic E-state index is 13.0. The Balaban J connectivity index is 1.43. The van der Waals surface area contributed by atoms with Crippen LogP contribution in [0.15, 0.2) is 77.7 Å². The minimum Gasteiger partial charge on any atom is -0.493 e. The molecule has 5 nitrogen and oxygen atoms in total. The van der Waals surface area contributed by atoms with E-state index in [-0.39, 0.29) is 5.91 Å². The lowest BCUT2D eigenvalue weighted by Crippen LogP contribution is -2.27. The SMILES string of the molecule is COc1cc(C=C2SC(=S)N(c3ccc(C)cc3)C2=O)ccc1OCCOc1ccccc1. The van der Waals surface area contributed by atoms with Crippen LogP contribution in [0.3, 0.4) is 0 Å². The van der Waals surface area contributed by atoms with Crippen molar-refractivity contribution in [3.8, 4) is 17.2 Å². The van der Waals surface area contributed by atoms with Crippen LogP contribution in [-0.4, -0.2) is 30.6 Å². The summed E-state index contributed by atoms with van der Waals surface area (Å²) in [5, 5.41) is 0. The predicted octanol–water partition coefficient (Wildman–Crippen LogP) is 5.87. The van der Waals surface area contributed by atoms with E-state index in [1.807, 2.05) is 85.8 Å². The van der Waals surface area contributed by atoms with Gasteiger partial charge in [0, 0.05) is 0 Å². The molecule has 0 aliphatic carbocycles. The van der Waals surface area contributed by atoms with Gasteiger partial charge in [0.15, 0.2) is 15.8 Å². The zero-order chi connectivity index (χ0) is 23.2. The number of hydrogen-bond acceptors (Lipinski definition) is 6. The molecule has 33 heavy (non-hydrogen) atoms. The van der Waals surface area contributed by atoms with E-state index in [4.69, 9.17) is 26.4 Å². The summed E-state index contributed by atoms with van der Waals surface area (Å²) in [4.78, 5) is 15.1. The van der Waals surface area contributed by atoms with Crippen LogP contribution in [0.4, 0.5) is 5.69 Å². The number of benzene rings is 3. The van der Waals surface area contributed by atoms with E-state index in [0.717, 1.165) is 22.6 Å². The van der Waals surface area contributed by atoms with E-state index in [1.54, 1.807) is 12.0 Å². The van der Waals surface area contributed by atoms with Gasteiger partial charge >= 0.3 is 0 Å². The number of hydrogen-bond donors (Lipinski definition) is 0. The number of rotatable bonds is 8. The van der Waals surface area contributed by atoms with Crippen molar-refractivity contribution in [2.45, 2.75) is 6.92 Å². The molecule has 0 spiro atoms. The van der Waals surface area contributed by atoms with Gasteiger partial charge in [0.25, 0.3) is 5.91 Å².